The van der Waals surface area contributed by atoms with Crippen LogP contribution < -0.4 is 0 Å². The van der Waals surface area contributed by atoms with Crippen molar-refractivity contribution in [3.8, 4) is 17.3 Å². The number of nitrogens with zero attached hydrogens (tertiary/aromatic N) is 5. The van der Waals surface area contributed by atoms with Crippen LogP contribution in [-0.4, -0.2) is 24.7 Å². The first kappa shape index (κ1) is 11.8. The monoisotopic (exact) mass is 271 g/mol. The van der Waals surface area contributed by atoms with Gasteiger partial charge >= 0.3 is 0 Å². The van der Waals surface area contributed by atoms with E-state index >= 15 is 0 Å². The van der Waals surface area contributed by atoms with Gasteiger partial charge in [-0.05, 0) is 30.7 Å². The second-order valence-corrected chi connectivity index (χ2v) is 4.39. The molecule has 0 saturated carbocycles. The summed E-state index contributed by atoms with van der Waals surface area (Å²) in [4.78, 5) is 12.6. The van der Waals surface area contributed by atoms with Crippen LogP contribution in [0.5, 0.6) is 0 Å². The Morgan fingerprint density at radius 2 is 2.00 bits per heavy atom. The zero-order valence-corrected chi connectivity index (χ0v) is 10.9. The normalized spacial score (nSPS) is 10.6. The molecule has 0 bridgehead atoms. The standard InChI is InChI=1S/C13H10ClN5/c1-9-4-2-5-10(8-9)11-16-12(14)18-13(17-11)19-7-3-6-15-19/h2-8H,1H3. The van der Waals surface area contributed by atoms with E-state index in [1.807, 2.05) is 31.2 Å². The molecule has 2 aromatic heterocycles. The third-order valence-corrected chi connectivity index (χ3v) is 2.75. The van der Waals surface area contributed by atoms with Gasteiger partial charge in [0.2, 0.25) is 5.28 Å². The van der Waals surface area contributed by atoms with Crippen molar-refractivity contribution < 1.29 is 0 Å². The highest BCUT2D eigenvalue weighted by Gasteiger charge is 2.09. The molecule has 3 rings (SSSR count). The third kappa shape index (κ3) is 2.46. The number of halogens is 1. The van der Waals surface area contributed by atoms with Gasteiger partial charge in [0.1, 0.15) is 0 Å². The van der Waals surface area contributed by atoms with Gasteiger partial charge in [0.15, 0.2) is 5.82 Å². The quantitative estimate of drug-likeness (QED) is 0.719. The summed E-state index contributed by atoms with van der Waals surface area (Å²) >= 11 is 5.95. The van der Waals surface area contributed by atoms with E-state index in [9.17, 15) is 0 Å². The van der Waals surface area contributed by atoms with Crippen LogP contribution in [0, 0.1) is 6.92 Å². The van der Waals surface area contributed by atoms with Crippen molar-refractivity contribution in [1.29, 1.82) is 0 Å². The first-order chi connectivity index (χ1) is 9.22. The molecule has 0 saturated heterocycles. The number of hydrogen-bond acceptors (Lipinski definition) is 4. The Kier molecular flexibility index (Phi) is 2.97. The minimum absolute atomic E-state index is 0.150. The molecule has 0 unspecified atom stereocenters. The summed E-state index contributed by atoms with van der Waals surface area (Å²) in [5.74, 6) is 0.940. The lowest BCUT2D eigenvalue weighted by molar-refractivity contribution is 0.798. The van der Waals surface area contributed by atoms with Crippen molar-refractivity contribution in [3.63, 3.8) is 0 Å². The summed E-state index contributed by atoms with van der Waals surface area (Å²) in [6, 6.07) is 9.70. The highest BCUT2D eigenvalue weighted by atomic mass is 35.5. The van der Waals surface area contributed by atoms with Gasteiger partial charge in [-0.1, -0.05) is 23.8 Å². The number of aromatic nitrogens is 5. The van der Waals surface area contributed by atoms with Crippen molar-refractivity contribution in [2.75, 3.05) is 0 Å². The molecule has 0 atom stereocenters. The van der Waals surface area contributed by atoms with Crippen molar-refractivity contribution in [2.45, 2.75) is 6.92 Å². The molecule has 0 radical (unpaired) electrons. The van der Waals surface area contributed by atoms with E-state index in [0.29, 0.717) is 11.8 Å². The van der Waals surface area contributed by atoms with Gasteiger partial charge < -0.3 is 0 Å². The van der Waals surface area contributed by atoms with Crippen molar-refractivity contribution in [1.82, 2.24) is 24.7 Å². The Hall–Kier alpha value is -2.27. The number of rotatable bonds is 2. The van der Waals surface area contributed by atoms with E-state index in [4.69, 9.17) is 11.6 Å². The lowest BCUT2D eigenvalue weighted by Crippen LogP contribution is -2.05. The molecule has 6 heteroatoms. The van der Waals surface area contributed by atoms with Crippen LogP contribution in [0.25, 0.3) is 17.3 Å². The van der Waals surface area contributed by atoms with Gasteiger partial charge in [-0.15, -0.1) is 0 Å². The molecule has 0 aliphatic carbocycles. The molecule has 0 aliphatic heterocycles. The molecule has 19 heavy (non-hydrogen) atoms. The molecule has 0 spiro atoms. The number of aryl methyl sites for hydroxylation is 1. The van der Waals surface area contributed by atoms with E-state index in [2.05, 4.69) is 20.1 Å². The average Bonchev–Trinajstić information content (AvgIpc) is 2.92. The fraction of sp³-hybridized carbons (Fsp3) is 0.0769. The Balaban J connectivity index is 2.12. The topological polar surface area (TPSA) is 56.5 Å². The highest BCUT2D eigenvalue weighted by molar-refractivity contribution is 6.28. The summed E-state index contributed by atoms with van der Waals surface area (Å²) in [5.41, 5.74) is 2.03. The van der Waals surface area contributed by atoms with E-state index in [-0.39, 0.29) is 5.28 Å². The van der Waals surface area contributed by atoms with E-state index in [0.717, 1.165) is 11.1 Å². The summed E-state index contributed by atoms with van der Waals surface area (Å²) < 4.78 is 1.55. The van der Waals surface area contributed by atoms with Crippen molar-refractivity contribution in [2.24, 2.45) is 0 Å². The number of hydrogen-bond donors (Lipinski definition) is 0. The van der Waals surface area contributed by atoms with Crippen molar-refractivity contribution in [3.05, 3.63) is 53.6 Å². The van der Waals surface area contributed by atoms with Gasteiger partial charge in [-0.3, -0.25) is 0 Å². The Morgan fingerprint density at radius 3 is 2.74 bits per heavy atom. The smallest absolute Gasteiger partial charge is 0.206 e. The SMILES string of the molecule is Cc1cccc(-c2nc(Cl)nc(-n3cccn3)n2)c1. The van der Waals surface area contributed by atoms with Crippen LogP contribution in [0.3, 0.4) is 0 Å². The van der Waals surface area contributed by atoms with Crippen LogP contribution in [-0.2, 0) is 0 Å². The largest absolute Gasteiger partial charge is 0.255 e. The Labute approximate surface area is 114 Å². The van der Waals surface area contributed by atoms with Gasteiger partial charge in [0.05, 0.1) is 0 Å². The minimum Gasteiger partial charge on any atom is -0.206 e. The molecule has 0 fully saturated rings. The molecule has 94 valence electrons. The van der Waals surface area contributed by atoms with E-state index in [1.54, 1.807) is 23.1 Å². The highest BCUT2D eigenvalue weighted by Crippen LogP contribution is 2.18. The van der Waals surface area contributed by atoms with Crippen LogP contribution >= 0.6 is 11.6 Å². The van der Waals surface area contributed by atoms with Crippen LogP contribution in [0.15, 0.2) is 42.7 Å². The summed E-state index contributed by atoms with van der Waals surface area (Å²) in [7, 11) is 0. The zero-order chi connectivity index (χ0) is 13.2. The fourth-order valence-electron chi connectivity index (χ4n) is 1.74. The van der Waals surface area contributed by atoms with Gasteiger partial charge in [-0.25, -0.2) is 4.68 Å². The Bertz CT molecular complexity index is 709. The number of benzene rings is 1. The molecule has 3 aromatic rings. The Morgan fingerprint density at radius 1 is 1.11 bits per heavy atom. The minimum atomic E-state index is 0.150. The maximum atomic E-state index is 5.95. The molecule has 1 aromatic carbocycles. The fourth-order valence-corrected chi connectivity index (χ4v) is 1.90. The first-order valence-corrected chi connectivity index (χ1v) is 6.09. The van der Waals surface area contributed by atoms with Crippen LogP contribution in [0.4, 0.5) is 0 Å². The molecule has 0 aliphatic rings. The molecule has 0 N–H and O–H groups in total. The van der Waals surface area contributed by atoms with Crippen molar-refractivity contribution >= 4 is 11.6 Å². The third-order valence-electron chi connectivity index (χ3n) is 2.58. The zero-order valence-electron chi connectivity index (χ0n) is 10.2. The maximum absolute atomic E-state index is 5.95. The van der Waals surface area contributed by atoms with Gasteiger partial charge in [0.25, 0.3) is 5.95 Å². The van der Waals surface area contributed by atoms with Crippen LogP contribution in [0.1, 0.15) is 5.56 Å². The molecule has 0 amide bonds. The van der Waals surface area contributed by atoms with Crippen LogP contribution in [0.2, 0.25) is 5.28 Å². The lowest BCUT2D eigenvalue weighted by Gasteiger charge is -2.04. The second kappa shape index (κ2) is 4.78. The van der Waals surface area contributed by atoms with Gasteiger partial charge in [-0.2, -0.15) is 20.1 Å². The maximum Gasteiger partial charge on any atom is 0.255 e. The summed E-state index contributed by atoms with van der Waals surface area (Å²) in [5, 5.41) is 4.24. The molecule has 2 heterocycles. The molecular formula is C13H10ClN5. The second-order valence-electron chi connectivity index (χ2n) is 4.05. The molecular weight excluding hydrogens is 262 g/mol. The first-order valence-electron chi connectivity index (χ1n) is 5.71. The lowest BCUT2D eigenvalue weighted by atomic mass is 10.1. The predicted octanol–water partition coefficient (Wildman–Crippen LogP) is 2.69. The van der Waals surface area contributed by atoms with E-state index in [1.165, 1.54) is 0 Å². The molecule has 5 nitrogen and oxygen atoms in total. The van der Waals surface area contributed by atoms with E-state index < -0.39 is 0 Å². The average molecular weight is 272 g/mol. The summed E-state index contributed by atoms with van der Waals surface area (Å²) in [6.45, 7) is 2.01. The predicted molar refractivity (Wildman–Crippen MR) is 72.1 cm³/mol. The summed E-state index contributed by atoms with van der Waals surface area (Å²) in [6.07, 6.45) is 3.41. The van der Waals surface area contributed by atoms with Gasteiger partial charge in [0, 0.05) is 18.0 Å².